The van der Waals surface area contributed by atoms with Crippen LogP contribution in [0, 0.1) is 11.8 Å². The van der Waals surface area contributed by atoms with Crippen LogP contribution in [0.25, 0.3) is 0 Å². The van der Waals surface area contributed by atoms with Gasteiger partial charge in [0.05, 0.1) is 0 Å². The maximum absolute atomic E-state index is 3.72. The molecule has 4 aliphatic heterocycles. The number of hydrogen-bond acceptors (Lipinski definition) is 3. The molecule has 4 saturated heterocycles. The van der Waals surface area contributed by atoms with Crippen LogP contribution in [0.15, 0.2) is 0 Å². The first-order valence-corrected chi connectivity index (χ1v) is 8.60. The lowest BCUT2D eigenvalue weighted by Gasteiger charge is -2.43. The molecule has 108 valence electrons. The molecular weight excluding hydrogens is 234 g/mol. The Labute approximate surface area is 117 Å². The van der Waals surface area contributed by atoms with E-state index in [0.717, 1.165) is 23.9 Å². The Morgan fingerprint density at radius 3 is 2.37 bits per heavy atom. The first-order valence-electron chi connectivity index (χ1n) is 8.60. The van der Waals surface area contributed by atoms with Crippen LogP contribution in [-0.2, 0) is 0 Å². The average Bonchev–Trinajstić information content (AvgIpc) is 3.10. The molecule has 3 nitrogen and oxygen atoms in total. The fourth-order valence-electron chi connectivity index (χ4n) is 5.18. The summed E-state index contributed by atoms with van der Waals surface area (Å²) < 4.78 is 0. The third-order valence-electron chi connectivity index (χ3n) is 6.30. The Kier molecular flexibility index (Phi) is 3.55. The van der Waals surface area contributed by atoms with Crippen LogP contribution >= 0.6 is 0 Å². The van der Waals surface area contributed by atoms with E-state index >= 15 is 0 Å². The molecule has 4 heterocycles. The molecule has 4 rings (SSSR count). The predicted octanol–water partition coefficient (Wildman–Crippen LogP) is 1.54. The van der Waals surface area contributed by atoms with Gasteiger partial charge in [-0.3, -0.25) is 4.90 Å². The molecule has 3 heteroatoms. The Morgan fingerprint density at radius 2 is 1.58 bits per heavy atom. The number of likely N-dealkylation sites (tertiary alicyclic amines) is 1. The zero-order valence-electron chi connectivity index (χ0n) is 12.2. The van der Waals surface area contributed by atoms with E-state index in [0.29, 0.717) is 0 Å². The molecule has 4 aliphatic rings. The van der Waals surface area contributed by atoms with Gasteiger partial charge in [0.15, 0.2) is 0 Å². The lowest BCUT2D eigenvalue weighted by molar-refractivity contribution is 0.0615. The largest absolute Gasteiger partial charge is 0.314 e. The number of nitrogens with zero attached hydrogens (tertiary/aromatic N) is 2. The third kappa shape index (κ3) is 2.45. The molecule has 2 bridgehead atoms. The van der Waals surface area contributed by atoms with Crippen molar-refractivity contribution in [1.82, 2.24) is 15.1 Å². The highest BCUT2D eigenvalue weighted by molar-refractivity contribution is 4.94. The van der Waals surface area contributed by atoms with Gasteiger partial charge in [-0.2, -0.15) is 0 Å². The topological polar surface area (TPSA) is 18.5 Å². The molecule has 0 aliphatic carbocycles. The van der Waals surface area contributed by atoms with Gasteiger partial charge in [-0.05, 0) is 83.1 Å². The van der Waals surface area contributed by atoms with Crippen molar-refractivity contribution in [2.45, 2.75) is 50.6 Å². The fraction of sp³-hybridized carbons (Fsp3) is 1.00. The average molecular weight is 263 g/mol. The van der Waals surface area contributed by atoms with E-state index in [4.69, 9.17) is 0 Å². The van der Waals surface area contributed by atoms with Gasteiger partial charge in [-0.25, -0.2) is 0 Å². The fourth-order valence-corrected chi connectivity index (χ4v) is 5.18. The summed E-state index contributed by atoms with van der Waals surface area (Å²) in [6, 6.07) is 1.78. The van der Waals surface area contributed by atoms with Crippen molar-refractivity contribution in [3.05, 3.63) is 0 Å². The number of piperidine rings is 2. The summed E-state index contributed by atoms with van der Waals surface area (Å²) in [6.45, 7) is 8.17. The molecule has 0 aromatic heterocycles. The van der Waals surface area contributed by atoms with Crippen molar-refractivity contribution in [3.63, 3.8) is 0 Å². The first kappa shape index (κ1) is 12.6. The quantitative estimate of drug-likeness (QED) is 0.815. The SMILES string of the molecule is C1CNC(C2CCN(C3CCN4CCC3C4)CC2)C1. The van der Waals surface area contributed by atoms with E-state index in [2.05, 4.69) is 15.1 Å². The molecule has 4 unspecified atom stereocenters. The van der Waals surface area contributed by atoms with Gasteiger partial charge in [0, 0.05) is 18.6 Å². The monoisotopic (exact) mass is 263 g/mol. The zero-order chi connectivity index (χ0) is 12.7. The van der Waals surface area contributed by atoms with Crippen molar-refractivity contribution in [2.75, 3.05) is 39.3 Å². The third-order valence-corrected chi connectivity index (χ3v) is 6.30. The van der Waals surface area contributed by atoms with Crippen LogP contribution < -0.4 is 5.32 Å². The molecule has 0 radical (unpaired) electrons. The lowest BCUT2D eigenvalue weighted by atomic mass is 9.85. The normalized spacial score (nSPS) is 44.8. The van der Waals surface area contributed by atoms with Crippen molar-refractivity contribution >= 4 is 0 Å². The molecular formula is C16H29N3. The summed E-state index contributed by atoms with van der Waals surface area (Å²) in [5.41, 5.74) is 0. The summed E-state index contributed by atoms with van der Waals surface area (Å²) in [6.07, 6.45) is 8.65. The first-order chi connectivity index (χ1) is 9.40. The molecule has 0 saturated carbocycles. The molecule has 0 spiro atoms. The standard InChI is InChI=1S/C16H29N3/c1-2-15(17-7-1)13-4-10-19(11-5-13)16-6-9-18-8-3-14(16)12-18/h13-17H,1-12H2. The molecule has 0 aromatic rings. The highest BCUT2D eigenvalue weighted by Gasteiger charge is 2.39. The number of rotatable bonds is 2. The second-order valence-electron chi connectivity index (χ2n) is 7.28. The summed E-state index contributed by atoms with van der Waals surface area (Å²) in [5.74, 6) is 1.97. The number of nitrogens with one attached hydrogen (secondary N) is 1. The smallest absolute Gasteiger partial charge is 0.0148 e. The van der Waals surface area contributed by atoms with Crippen molar-refractivity contribution in [2.24, 2.45) is 11.8 Å². The number of fused-ring (bicyclic) bond motifs is 2. The minimum atomic E-state index is 0.857. The van der Waals surface area contributed by atoms with Crippen LogP contribution in [0.3, 0.4) is 0 Å². The highest BCUT2D eigenvalue weighted by atomic mass is 15.2. The van der Waals surface area contributed by atoms with Gasteiger partial charge in [-0.1, -0.05) is 0 Å². The van der Waals surface area contributed by atoms with E-state index in [9.17, 15) is 0 Å². The maximum Gasteiger partial charge on any atom is 0.0148 e. The summed E-state index contributed by atoms with van der Waals surface area (Å²) in [4.78, 5) is 5.54. The van der Waals surface area contributed by atoms with Crippen LogP contribution in [0.5, 0.6) is 0 Å². The predicted molar refractivity (Wildman–Crippen MR) is 78.3 cm³/mol. The molecule has 0 amide bonds. The zero-order valence-corrected chi connectivity index (χ0v) is 12.2. The molecule has 4 fully saturated rings. The van der Waals surface area contributed by atoms with Gasteiger partial charge < -0.3 is 10.2 Å². The Hall–Kier alpha value is -0.120. The van der Waals surface area contributed by atoms with Gasteiger partial charge in [-0.15, -0.1) is 0 Å². The van der Waals surface area contributed by atoms with Crippen LogP contribution in [0.1, 0.15) is 38.5 Å². The minimum Gasteiger partial charge on any atom is -0.314 e. The second-order valence-corrected chi connectivity index (χ2v) is 7.28. The van der Waals surface area contributed by atoms with E-state index in [1.165, 1.54) is 77.8 Å². The Bertz CT molecular complexity index is 305. The summed E-state index contributed by atoms with van der Waals surface area (Å²) >= 11 is 0. The summed E-state index contributed by atoms with van der Waals surface area (Å²) in [5, 5.41) is 3.72. The van der Waals surface area contributed by atoms with Crippen molar-refractivity contribution in [3.8, 4) is 0 Å². The van der Waals surface area contributed by atoms with Crippen molar-refractivity contribution < 1.29 is 0 Å². The second kappa shape index (κ2) is 5.34. The summed E-state index contributed by atoms with van der Waals surface area (Å²) in [7, 11) is 0. The van der Waals surface area contributed by atoms with E-state index in [1.54, 1.807) is 0 Å². The highest BCUT2D eigenvalue weighted by Crippen LogP contribution is 2.34. The van der Waals surface area contributed by atoms with Gasteiger partial charge in [0.1, 0.15) is 0 Å². The number of hydrogen-bond donors (Lipinski definition) is 1. The Morgan fingerprint density at radius 1 is 0.789 bits per heavy atom. The minimum absolute atomic E-state index is 0.857. The van der Waals surface area contributed by atoms with Crippen LogP contribution in [0.2, 0.25) is 0 Å². The Balaban J connectivity index is 1.32. The molecule has 0 aromatic carbocycles. The van der Waals surface area contributed by atoms with E-state index < -0.39 is 0 Å². The van der Waals surface area contributed by atoms with Crippen LogP contribution in [-0.4, -0.2) is 61.2 Å². The molecule has 19 heavy (non-hydrogen) atoms. The lowest BCUT2D eigenvalue weighted by Crippen LogP contribution is -2.50. The van der Waals surface area contributed by atoms with Gasteiger partial charge in [0.25, 0.3) is 0 Å². The van der Waals surface area contributed by atoms with E-state index in [1.807, 2.05) is 0 Å². The molecule has 1 N–H and O–H groups in total. The maximum atomic E-state index is 3.72. The van der Waals surface area contributed by atoms with Gasteiger partial charge >= 0.3 is 0 Å². The molecule has 4 atom stereocenters. The van der Waals surface area contributed by atoms with E-state index in [-0.39, 0.29) is 0 Å². The van der Waals surface area contributed by atoms with Gasteiger partial charge in [0.2, 0.25) is 0 Å². The van der Waals surface area contributed by atoms with Crippen molar-refractivity contribution in [1.29, 1.82) is 0 Å². The van der Waals surface area contributed by atoms with Crippen LogP contribution in [0.4, 0.5) is 0 Å².